The fourth-order valence-corrected chi connectivity index (χ4v) is 19.3. The van der Waals surface area contributed by atoms with Crippen molar-refractivity contribution in [2.75, 3.05) is 47.3 Å². The summed E-state index contributed by atoms with van der Waals surface area (Å²) in [5.41, 5.74) is -2.48. The number of ether oxygens (including phenoxy) is 16. The largest absolute Gasteiger partial charge is 0.462 e. The number of carbonyl (C=O) groups excluding carboxylic acids is 2. The fourth-order valence-electron chi connectivity index (χ4n) is 19.3. The van der Waals surface area contributed by atoms with Crippen LogP contribution < -0.4 is 0 Å². The van der Waals surface area contributed by atoms with Gasteiger partial charge in [0.2, 0.25) is 0 Å². The van der Waals surface area contributed by atoms with E-state index in [1.54, 1.807) is 6.92 Å². The average molecular weight is 1450 g/mol. The maximum absolute atomic E-state index is 14.9. The monoisotopic (exact) mass is 1450 g/mol. The number of carbonyl (C=O) groups is 2. The SMILES string of the molecule is C=C(C)CCC(O)C1(C)OC(=O)C23CC=C4C(CCC5C4(C)CCC(OC4OCC(OC6OC(CO)C(O)C(OC7OC(CO)C(O)C(OC)C7O)C6O)C(O)C4OC4OC(C)C(OC6OCC(O)C(OC7OC(CO)C(O)C(OC)C7O)C6O)C(O)C4O)C5(C)C)C2(C)CC(OC(C)=O)C13. The van der Waals surface area contributed by atoms with E-state index in [9.17, 15) is 86.2 Å². The van der Waals surface area contributed by atoms with Crippen LogP contribution in [0.1, 0.15) is 107 Å². The summed E-state index contributed by atoms with van der Waals surface area (Å²) in [7, 11) is 2.38. The Balaban J connectivity index is 0.840. The smallest absolute Gasteiger partial charge is 0.314 e. The molecule has 10 fully saturated rings. The second-order valence-electron chi connectivity index (χ2n) is 31.0. The molecule has 33 heteroatoms. The predicted octanol–water partition coefficient (Wildman–Crippen LogP) is -3.93. The van der Waals surface area contributed by atoms with Gasteiger partial charge in [-0.25, -0.2) is 0 Å². The van der Waals surface area contributed by atoms with E-state index in [2.05, 4.69) is 40.3 Å². The van der Waals surface area contributed by atoms with Crippen molar-refractivity contribution in [3.8, 4) is 0 Å². The summed E-state index contributed by atoms with van der Waals surface area (Å²) < 4.78 is 96.2. The Morgan fingerprint density at radius 2 is 1.12 bits per heavy atom. The average Bonchev–Trinajstić information content (AvgIpc) is 1.49. The first-order valence-electron chi connectivity index (χ1n) is 35.2. The van der Waals surface area contributed by atoms with Gasteiger partial charge in [0.25, 0.3) is 0 Å². The van der Waals surface area contributed by atoms with Crippen molar-refractivity contribution in [2.24, 2.45) is 39.4 Å². The summed E-state index contributed by atoms with van der Waals surface area (Å²) in [4.78, 5) is 27.8. The first-order chi connectivity index (χ1) is 47.6. The summed E-state index contributed by atoms with van der Waals surface area (Å²) in [5.74, 6) is -1.86. The van der Waals surface area contributed by atoms with Gasteiger partial charge in [-0.15, -0.1) is 6.58 Å². The van der Waals surface area contributed by atoms with Gasteiger partial charge >= 0.3 is 11.9 Å². The molecule has 0 aromatic rings. The van der Waals surface area contributed by atoms with Crippen LogP contribution in [0.2, 0.25) is 0 Å². The van der Waals surface area contributed by atoms with Crippen LogP contribution in [0.5, 0.6) is 0 Å². The van der Waals surface area contributed by atoms with Crippen LogP contribution in [0, 0.1) is 39.4 Å². The first kappa shape index (κ1) is 79.3. The van der Waals surface area contributed by atoms with Gasteiger partial charge in [0.05, 0.1) is 62.7 Å². The Morgan fingerprint density at radius 3 is 1.69 bits per heavy atom. The molecule has 0 amide bonds. The van der Waals surface area contributed by atoms with Crippen molar-refractivity contribution in [2.45, 2.75) is 303 Å². The molecular weight excluding hydrogens is 1340 g/mol. The van der Waals surface area contributed by atoms with E-state index < -0.39 is 268 Å². The van der Waals surface area contributed by atoms with Crippen LogP contribution in [0.25, 0.3) is 0 Å². The fraction of sp³-hybridized carbons (Fsp3) is 0.912. The zero-order chi connectivity index (χ0) is 73.7. The highest BCUT2D eigenvalue weighted by molar-refractivity contribution is 5.84. The van der Waals surface area contributed by atoms with Crippen LogP contribution >= 0.6 is 0 Å². The molecule has 578 valence electrons. The molecular formula is C68H108O33. The molecule has 38 atom stereocenters. The van der Waals surface area contributed by atoms with E-state index >= 15 is 0 Å². The summed E-state index contributed by atoms with van der Waals surface area (Å²) in [6, 6.07) is 0. The zero-order valence-corrected chi connectivity index (χ0v) is 58.7. The molecule has 33 nitrogen and oxygen atoms in total. The Morgan fingerprint density at radius 1 is 0.594 bits per heavy atom. The highest BCUT2D eigenvalue weighted by Crippen LogP contribution is 2.76. The number of hydrogen-bond donors (Lipinski definition) is 15. The number of aliphatic hydroxyl groups excluding tert-OH is 15. The van der Waals surface area contributed by atoms with Crippen molar-refractivity contribution in [1.82, 2.24) is 0 Å². The Bertz CT molecular complexity index is 2890. The molecule has 11 rings (SSSR count). The van der Waals surface area contributed by atoms with Crippen LogP contribution in [-0.2, 0) is 85.4 Å². The number of methoxy groups -OCH3 is 2. The zero-order valence-electron chi connectivity index (χ0n) is 58.7. The van der Waals surface area contributed by atoms with Crippen LogP contribution in [0.15, 0.2) is 23.8 Å². The predicted molar refractivity (Wildman–Crippen MR) is 337 cm³/mol. The van der Waals surface area contributed by atoms with Crippen molar-refractivity contribution < 1.29 is 162 Å². The molecule has 7 aliphatic heterocycles. The number of cyclic esters (lactones) is 1. The van der Waals surface area contributed by atoms with Gasteiger partial charge in [-0.1, -0.05) is 44.9 Å². The third-order valence-corrected chi connectivity index (χ3v) is 24.7. The van der Waals surface area contributed by atoms with Crippen LogP contribution in [0.3, 0.4) is 0 Å². The highest BCUT2D eigenvalue weighted by Gasteiger charge is 2.81. The summed E-state index contributed by atoms with van der Waals surface area (Å²) >= 11 is 0. The maximum Gasteiger partial charge on any atom is 0.314 e. The molecule has 4 aliphatic carbocycles. The molecule has 3 saturated carbocycles. The molecule has 0 aromatic heterocycles. The summed E-state index contributed by atoms with van der Waals surface area (Å²) in [5, 5.41) is 168. The Kier molecular flexibility index (Phi) is 24.1. The van der Waals surface area contributed by atoms with E-state index in [0.29, 0.717) is 38.5 Å². The van der Waals surface area contributed by atoms with Gasteiger partial charge in [-0.3, -0.25) is 9.59 Å². The van der Waals surface area contributed by atoms with Gasteiger partial charge in [0, 0.05) is 21.1 Å². The van der Waals surface area contributed by atoms with Crippen molar-refractivity contribution >= 4 is 11.9 Å². The van der Waals surface area contributed by atoms with E-state index in [1.807, 2.05) is 6.92 Å². The van der Waals surface area contributed by atoms with E-state index in [-0.39, 0.29) is 24.7 Å². The lowest BCUT2D eigenvalue weighted by Gasteiger charge is -2.63. The minimum absolute atomic E-state index is 0.102. The molecule has 7 saturated heterocycles. The van der Waals surface area contributed by atoms with Crippen molar-refractivity contribution in [3.05, 3.63) is 23.8 Å². The quantitative estimate of drug-likeness (QED) is 0.0280. The van der Waals surface area contributed by atoms with Gasteiger partial charge in [0.1, 0.15) is 140 Å². The molecule has 38 unspecified atom stereocenters. The molecule has 0 radical (unpaired) electrons. The van der Waals surface area contributed by atoms with E-state index in [0.717, 1.165) is 11.1 Å². The second-order valence-corrected chi connectivity index (χ2v) is 31.0. The maximum atomic E-state index is 14.9. The standard InChI is InChI=1S/C68H108O33/c1-26(2)12-15-38(74)67(9)56-32(91-28(4)72)20-66(8)30-13-14-37-64(5,6)39(17-18-65(37,7)29(30)16-19-68(56,66)63(85)101-67)96-62-55(43(78)36(25-89-62)95-59-49(84)54(42(77)35(23-71)92-59)99-61-48(83)53(87-11)41(76)34(22-70)94-61)100-58-45(80)44(79)50(27(3)90-58)97-57-46(81)51(31(73)24-88-57)98-60-47(82)52(86-10)40(75)33(21-69)93-60/h16,27,30-62,69-71,73-84H,1,12-15,17-25H2,2-11H3. The minimum Gasteiger partial charge on any atom is -0.462 e. The number of fused-ring (bicyclic) bond motifs is 4. The minimum atomic E-state index is -2.05. The number of rotatable bonds is 22. The lowest BCUT2D eigenvalue weighted by molar-refractivity contribution is -0.394. The normalized spacial score (nSPS) is 51.5. The molecule has 0 bridgehead atoms. The highest BCUT2D eigenvalue weighted by atomic mass is 16.8. The third-order valence-electron chi connectivity index (χ3n) is 24.7. The number of esters is 2. The van der Waals surface area contributed by atoms with Crippen molar-refractivity contribution in [1.29, 1.82) is 0 Å². The number of aliphatic hydroxyl groups is 15. The molecule has 1 spiro atoms. The summed E-state index contributed by atoms with van der Waals surface area (Å²) in [6.45, 7) is 15.5. The van der Waals surface area contributed by atoms with Gasteiger partial charge in [0.15, 0.2) is 37.7 Å². The van der Waals surface area contributed by atoms with Gasteiger partial charge < -0.3 is 152 Å². The number of hydrogen-bond acceptors (Lipinski definition) is 33. The second kappa shape index (κ2) is 30.7. The first-order valence-corrected chi connectivity index (χ1v) is 35.2. The Labute approximate surface area is 585 Å². The van der Waals surface area contributed by atoms with E-state index in [1.165, 1.54) is 28.1 Å². The van der Waals surface area contributed by atoms with Crippen LogP contribution in [-0.4, -0.2) is 332 Å². The number of allylic oxidation sites excluding steroid dienone is 3. The molecule has 11 aliphatic rings. The van der Waals surface area contributed by atoms with Crippen molar-refractivity contribution in [3.63, 3.8) is 0 Å². The molecule has 101 heavy (non-hydrogen) atoms. The van der Waals surface area contributed by atoms with Crippen LogP contribution in [0.4, 0.5) is 0 Å². The third kappa shape index (κ3) is 13.9. The molecule has 0 aromatic carbocycles. The van der Waals surface area contributed by atoms with Gasteiger partial charge in [-0.05, 0) is 100 Å². The van der Waals surface area contributed by atoms with Gasteiger partial charge in [-0.2, -0.15) is 0 Å². The lowest BCUT2D eigenvalue weighted by atomic mass is 9.41. The summed E-state index contributed by atoms with van der Waals surface area (Å²) in [6.07, 6.45) is -43.2. The lowest BCUT2D eigenvalue weighted by Crippen LogP contribution is -2.67. The molecule has 15 N–H and O–H groups in total. The van der Waals surface area contributed by atoms with E-state index in [4.69, 9.17) is 75.8 Å². The molecule has 7 heterocycles. The topological polar surface area (TPSA) is 485 Å². The Hall–Kier alpha value is -2.74.